The molecule has 106 valence electrons. The third-order valence-corrected chi connectivity index (χ3v) is 3.27. The molecule has 1 aromatic rings. The van der Waals surface area contributed by atoms with Gasteiger partial charge in [-0.15, -0.1) is 0 Å². The lowest BCUT2D eigenvalue weighted by atomic mass is 10.2. The first kappa shape index (κ1) is 14.1. The summed E-state index contributed by atoms with van der Waals surface area (Å²) in [4.78, 5) is 7.77. The van der Waals surface area contributed by atoms with E-state index in [1.54, 1.807) is 0 Å². The molecule has 0 aliphatic carbocycles. The first-order valence-electron chi connectivity index (χ1n) is 6.12. The largest absolute Gasteiger partial charge is 0.433 e. The van der Waals surface area contributed by atoms with Crippen LogP contribution in [0, 0.1) is 0 Å². The van der Waals surface area contributed by atoms with Crippen LogP contribution in [0.25, 0.3) is 0 Å². The number of nitrogens with zero attached hydrogens (tertiary/aromatic N) is 3. The minimum atomic E-state index is -4.42. The molecule has 0 aromatic carbocycles. The van der Waals surface area contributed by atoms with Crippen LogP contribution in [0.4, 0.5) is 19.0 Å². The number of hydrogen-bond acceptors (Lipinski definition) is 4. The summed E-state index contributed by atoms with van der Waals surface area (Å²) in [7, 11) is 1.99. The molecule has 7 heteroatoms. The Morgan fingerprint density at radius 3 is 2.37 bits per heavy atom. The topological polar surface area (TPSA) is 45.4 Å². The zero-order chi connectivity index (χ0) is 14.0. The monoisotopic (exact) mass is 274 g/mol. The highest BCUT2D eigenvalue weighted by Crippen LogP contribution is 2.30. The van der Waals surface area contributed by atoms with Crippen molar-refractivity contribution in [3.63, 3.8) is 0 Å². The number of likely N-dealkylation sites (N-methyl/N-ethyl adjacent to an activating group) is 1. The number of nitrogens with two attached hydrogens (primary N) is 1. The van der Waals surface area contributed by atoms with Gasteiger partial charge in [0, 0.05) is 38.3 Å². The van der Waals surface area contributed by atoms with Gasteiger partial charge in [0.25, 0.3) is 0 Å². The van der Waals surface area contributed by atoms with Crippen molar-refractivity contribution < 1.29 is 13.2 Å². The van der Waals surface area contributed by atoms with Gasteiger partial charge in [-0.05, 0) is 13.1 Å². The lowest BCUT2D eigenvalue weighted by Crippen LogP contribution is -2.45. The highest BCUT2D eigenvalue weighted by atomic mass is 19.4. The number of rotatable bonds is 2. The minimum Gasteiger partial charge on any atom is -0.354 e. The summed E-state index contributed by atoms with van der Waals surface area (Å²) in [5.41, 5.74) is 5.37. The van der Waals surface area contributed by atoms with Gasteiger partial charge in [-0.2, -0.15) is 13.2 Å². The van der Waals surface area contributed by atoms with Gasteiger partial charge in [0.1, 0.15) is 11.5 Å². The van der Waals surface area contributed by atoms with E-state index in [1.165, 1.54) is 6.07 Å². The molecule has 2 N–H and O–H groups in total. The Morgan fingerprint density at radius 1 is 1.21 bits per heavy atom. The number of aromatic nitrogens is 1. The Kier molecular flexibility index (Phi) is 3.96. The number of alkyl halides is 3. The van der Waals surface area contributed by atoms with Crippen molar-refractivity contribution in [2.75, 3.05) is 38.1 Å². The highest BCUT2D eigenvalue weighted by Gasteiger charge is 2.33. The Bertz CT molecular complexity index is 439. The zero-order valence-electron chi connectivity index (χ0n) is 10.7. The summed E-state index contributed by atoms with van der Waals surface area (Å²) in [6.45, 7) is 3.13. The molecule has 0 bridgehead atoms. The van der Waals surface area contributed by atoms with E-state index in [0.29, 0.717) is 24.5 Å². The van der Waals surface area contributed by atoms with Crippen LogP contribution in [0.2, 0.25) is 0 Å². The number of piperazine rings is 1. The second-order valence-electron chi connectivity index (χ2n) is 4.67. The maximum atomic E-state index is 12.7. The Labute approximate surface area is 110 Å². The molecular formula is C12H17F3N4. The van der Waals surface area contributed by atoms with Crippen LogP contribution in [0.5, 0.6) is 0 Å². The van der Waals surface area contributed by atoms with Crippen molar-refractivity contribution in [1.29, 1.82) is 0 Å². The Balaban J connectivity index is 2.31. The molecule has 0 unspecified atom stereocenters. The van der Waals surface area contributed by atoms with Crippen LogP contribution in [0.15, 0.2) is 12.1 Å². The lowest BCUT2D eigenvalue weighted by Gasteiger charge is -2.34. The molecule has 2 rings (SSSR count). The van der Waals surface area contributed by atoms with Crippen molar-refractivity contribution in [3.05, 3.63) is 23.4 Å². The predicted octanol–water partition coefficient (Wildman–Crippen LogP) is 1.31. The van der Waals surface area contributed by atoms with E-state index in [2.05, 4.69) is 9.88 Å². The fourth-order valence-electron chi connectivity index (χ4n) is 2.09. The van der Waals surface area contributed by atoms with Crippen LogP contribution in [0.3, 0.4) is 0 Å². The molecule has 19 heavy (non-hydrogen) atoms. The van der Waals surface area contributed by atoms with Gasteiger partial charge in [0.15, 0.2) is 0 Å². The maximum absolute atomic E-state index is 12.7. The number of anilines is 1. The molecule has 1 aromatic heterocycles. The predicted molar refractivity (Wildman–Crippen MR) is 66.8 cm³/mol. The summed E-state index contributed by atoms with van der Waals surface area (Å²) in [6, 6.07) is 2.41. The van der Waals surface area contributed by atoms with Gasteiger partial charge in [-0.25, -0.2) is 4.98 Å². The number of hydrogen-bond donors (Lipinski definition) is 1. The summed E-state index contributed by atoms with van der Waals surface area (Å²) in [5, 5.41) is 0. The van der Waals surface area contributed by atoms with Crippen LogP contribution >= 0.6 is 0 Å². The van der Waals surface area contributed by atoms with Crippen molar-refractivity contribution >= 4 is 5.82 Å². The second-order valence-corrected chi connectivity index (χ2v) is 4.67. The third kappa shape index (κ3) is 3.16. The zero-order valence-corrected chi connectivity index (χ0v) is 10.7. The second kappa shape index (κ2) is 5.34. The summed E-state index contributed by atoms with van der Waals surface area (Å²) >= 11 is 0. The molecule has 1 fully saturated rings. The van der Waals surface area contributed by atoms with Gasteiger partial charge in [0.05, 0.1) is 0 Å². The highest BCUT2D eigenvalue weighted by molar-refractivity contribution is 5.48. The third-order valence-electron chi connectivity index (χ3n) is 3.27. The molecule has 0 spiro atoms. The first-order valence-corrected chi connectivity index (χ1v) is 6.12. The summed E-state index contributed by atoms with van der Waals surface area (Å²) in [5.74, 6) is 0.366. The van der Waals surface area contributed by atoms with Gasteiger partial charge in [-0.3, -0.25) is 0 Å². The van der Waals surface area contributed by atoms with E-state index < -0.39 is 11.9 Å². The van der Waals surface area contributed by atoms with E-state index in [1.807, 2.05) is 11.9 Å². The van der Waals surface area contributed by atoms with Crippen LogP contribution < -0.4 is 10.6 Å². The van der Waals surface area contributed by atoms with Crippen LogP contribution in [-0.4, -0.2) is 43.1 Å². The van der Waals surface area contributed by atoms with E-state index in [9.17, 15) is 13.2 Å². The van der Waals surface area contributed by atoms with Crippen LogP contribution in [-0.2, 0) is 12.7 Å². The van der Waals surface area contributed by atoms with Crippen LogP contribution in [0.1, 0.15) is 11.3 Å². The molecule has 4 nitrogen and oxygen atoms in total. The summed E-state index contributed by atoms with van der Waals surface area (Å²) in [6.07, 6.45) is -4.42. The van der Waals surface area contributed by atoms with Gasteiger partial charge in [-0.1, -0.05) is 6.07 Å². The van der Waals surface area contributed by atoms with E-state index in [0.717, 1.165) is 19.2 Å². The minimum absolute atomic E-state index is 0.187. The average Bonchev–Trinajstić information content (AvgIpc) is 2.38. The fraction of sp³-hybridized carbons (Fsp3) is 0.583. The van der Waals surface area contributed by atoms with Crippen molar-refractivity contribution in [1.82, 2.24) is 9.88 Å². The van der Waals surface area contributed by atoms with Crippen molar-refractivity contribution in [3.8, 4) is 0 Å². The van der Waals surface area contributed by atoms with E-state index in [4.69, 9.17) is 5.73 Å². The Morgan fingerprint density at radius 2 is 1.84 bits per heavy atom. The van der Waals surface area contributed by atoms with Gasteiger partial charge < -0.3 is 15.5 Å². The van der Waals surface area contributed by atoms with Gasteiger partial charge in [0.2, 0.25) is 0 Å². The fourth-order valence-corrected chi connectivity index (χ4v) is 2.09. The molecule has 1 aliphatic rings. The van der Waals surface area contributed by atoms with Crippen molar-refractivity contribution in [2.24, 2.45) is 5.73 Å². The van der Waals surface area contributed by atoms with E-state index >= 15 is 0 Å². The molecule has 1 aliphatic heterocycles. The number of pyridine rings is 1. The standard InChI is InChI=1S/C12H17F3N4/c1-18-4-6-19(7-5-18)11-9(8-16)2-3-10(17-11)12(13,14)15/h2-3H,4-8,16H2,1H3. The molecule has 0 amide bonds. The molecule has 0 radical (unpaired) electrons. The maximum Gasteiger partial charge on any atom is 0.433 e. The first-order chi connectivity index (χ1) is 8.91. The van der Waals surface area contributed by atoms with E-state index in [-0.39, 0.29) is 6.54 Å². The van der Waals surface area contributed by atoms with Gasteiger partial charge >= 0.3 is 6.18 Å². The Hall–Kier alpha value is -1.34. The molecule has 2 heterocycles. The summed E-state index contributed by atoms with van der Waals surface area (Å²) < 4.78 is 38.1. The average molecular weight is 274 g/mol. The molecule has 0 atom stereocenters. The smallest absolute Gasteiger partial charge is 0.354 e. The molecule has 0 saturated carbocycles. The van der Waals surface area contributed by atoms with Crippen molar-refractivity contribution in [2.45, 2.75) is 12.7 Å². The molecular weight excluding hydrogens is 257 g/mol. The lowest BCUT2D eigenvalue weighted by molar-refractivity contribution is -0.141. The SMILES string of the molecule is CN1CCN(c2nc(C(F)(F)F)ccc2CN)CC1. The normalized spacial score (nSPS) is 17.8. The molecule has 1 saturated heterocycles. The number of halogens is 3. The quantitative estimate of drug-likeness (QED) is 0.883.